The Kier molecular flexibility index (Phi) is 6.25. The number of Topliss-reactive ketones (excluding diaryl/α,β-unsaturated/α-hetero) is 1. The molecule has 4 rings (SSSR count). The quantitative estimate of drug-likeness (QED) is 0.388. The number of ether oxygens (including phenoxy) is 1. The highest BCUT2D eigenvalue weighted by Crippen LogP contribution is 2.36. The van der Waals surface area contributed by atoms with Gasteiger partial charge in [-0.25, -0.2) is 19.9 Å². The number of pyridine rings is 3. The van der Waals surface area contributed by atoms with Crippen LogP contribution in [-0.2, 0) is 7.05 Å². The van der Waals surface area contributed by atoms with Gasteiger partial charge in [0.15, 0.2) is 23.2 Å². The second-order valence-corrected chi connectivity index (χ2v) is 7.29. The number of methoxy groups -OCH3 is 1. The van der Waals surface area contributed by atoms with Crippen molar-refractivity contribution in [3.8, 4) is 17.1 Å². The first-order valence-electron chi connectivity index (χ1n) is 10.4. The van der Waals surface area contributed by atoms with E-state index in [9.17, 15) is 4.79 Å². The van der Waals surface area contributed by atoms with Crippen molar-refractivity contribution in [2.45, 2.75) is 20.3 Å². The van der Waals surface area contributed by atoms with E-state index in [4.69, 9.17) is 4.74 Å². The third-order valence-electron chi connectivity index (χ3n) is 4.87. The molecule has 10 heteroatoms. The van der Waals surface area contributed by atoms with Crippen LogP contribution in [0.2, 0.25) is 0 Å². The van der Waals surface area contributed by atoms with E-state index in [1.165, 1.54) is 0 Å². The minimum Gasteiger partial charge on any atom is -0.492 e. The van der Waals surface area contributed by atoms with Crippen LogP contribution in [0.15, 0.2) is 49.1 Å². The molecule has 0 fully saturated rings. The summed E-state index contributed by atoms with van der Waals surface area (Å²) in [6.07, 6.45) is 5.13. The zero-order chi connectivity index (χ0) is 23.4. The number of hydrogen-bond acceptors (Lipinski definition) is 9. The highest BCUT2D eigenvalue weighted by molar-refractivity contribution is 6.02. The number of aryl methyl sites for hydroxylation is 2. The van der Waals surface area contributed by atoms with Crippen molar-refractivity contribution in [1.29, 1.82) is 0 Å². The fourth-order valence-electron chi connectivity index (χ4n) is 3.29. The van der Waals surface area contributed by atoms with Crippen molar-refractivity contribution >= 4 is 28.9 Å². The standard InChI is InChI=1S/C23H24N8O2/c1-5-18(32)16-12-25-20(29-19-8-6-7-14(2)27-19)11-17(16)28-23-21(33-4)15(9-10-24-23)22-26-13-31(3)30-22/h6-13H,5H2,1-4H3,(H2,24,25,27,28,29). The van der Waals surface area contributed by atoms with Crippen LogP contribution in [0.1, 0.15) is 29.4 Å². The average molecular weight is 444 g/mol. The fraction of sp³-hybridized carbons (Fsp3) is 0.217. The van der Waals surface area contributed by atoms with Crippen LogP contribution in [0.25, 0.3) is 11.4 Å². The maximum Gasteiger partial charge on any atom is 0.185 e. The SMILES string of the molecule is CCC(=O)c1cnc(Nc2cccc(C)n2)cc1Nc1nccc(-c2ncn(C)n2)c1OC. The second kappa shape index (κ2) is 9.43. The topological polar surface area (TPSA) is 120 Å². The number of carbonyl (C=O) groups excluding carboxylic acids is 1. The molecule has 168 valence electrons. The first-order chi connectivity index (χ1) is 16.0. The normalized spacial score (nSPS) is 10.7. The molecule has 0 radical (unpaired) electrons. The number of carbonyl (C=O) groups is 1. The van der Waals surface area contributed by atoms with Crippen molar-refractivity contribution in [3.05, 3.63) is 60.3 Å². The molecular weight excluding hydrogens is 420 g/mol. The van der Waals surface area contributed by atoms with E-state index < -0.39 is 0 Å². The molecular formula is C23H24N8O2. The molecule has 4 aromatic heterocycles. The van der Waals surface area contributed by atoms with Crippen LogP contribution in [0, 0.1) is 6.92 Å². The summed E-state index contributed by atoms with van der Waals surface area (Å²) >= 11 is 0. The molecule has 0 aromatic carbocycles. The van der Waals surface area contributed by atoms with E-state index in [-0.39, 0.29) is 5.78 Å². The average Bonchev–Trinajstić information content (AvgIpc) is 3.25. The van der Waals surface area contributed by atoms with E-state index >= 15 is 0 Å². The summed E-state index contributed by atoms with van der Waals surface area (Å²) in [5.41, 5.74) is 2.55. The van der Waals surface area contributed by atoms with Gasteiger partial charge in [0.25, 0.3) is 0 Å². The first kappa shape index (κ1) is 21.9. The van der Waals surface area contributed by atoms with Crippen molar-refractivity contribution in [3.63, 3.8) is 0 Å². The highest BCUT2D eigenvalue weighted by Gasteiger charge is 2.19. The third-order valence-corrected chi connectivity index (χ3v) is 4.87. The largest absolute Gasteiger partial charge is 0.492 e. The zero-order valence-electron chi connectivity index (χ0n) is 18.8. The molecule has 0 amide bonds. The Labute approximate surface area is 191 Å². The number of rotatable bonds is 8. The van der Waals surface area contributed by atoms with Crippen LogP contribution in [0.5, 0.6) is 5.75 Å². The van der Waals surface area contributed by atoms with E-state index in [2.05, 4.69) is 35.7 Å². The zero-order valence-corrected chi connectivity index (χ0v) is 18.8. The number of aromatic nitrogens is 6. The Morgan fingerprint density at radius 1 is 1.12 bits per heavy atom. The number of ketones is 1. The molecule has 0 atom stereocenters. The lowest BCUT2D eigenvalue weighted by Gasteiger charge is -2.16. The summed E-state index contributed by atoms with van der Waals surface area (Å²) in [5.74, 6) is 2.54. The third kappa shape index (κ3) is 4.79. The van der Waals surface area contributed by atoms with Gasteiger partial charge < -0.3 is 15.4 Å². The molecule has 0 aliphatic heterocycles. The maximum absolute atomic E-state index is 12.6. The molecule has 0 bridgehead atoms. The van der Waals surface area contributed by atoms with E-state index in [0.717, 1.165) is 5.69 Å². The molecule has 0 spiro atoms. The van der Waals surface area contributed by atoms with Crippen molar-refractivity contribution in [1.82, 2.24) is 29.7 Å². The summed E-state index contributed by atoms with van der Waals surface area (Å²) in [7, 11) is 3.34. The maximum atomic E-state index is 12.6. The molecule has 0 unspecified atom stereocenters. The van der Waals surface area contributed by atoms with Gasteiger partial charge in [-0.05, 0) is 25.1 Å². The summed E-state index contributed by atoms with van der Waals surface area (Å²) in [5, 5.41) is 10.8. The number of anilines is 4. The van der Waals surface area contributed by atoms with Crippen LogP contribution in [-0.4, -0.2) is 42.6 Å². The van der Waals surface area contributed by atoms with E-state index in [1.54, 1.807) is 56.6 Å². The Morgan fingerprint density at radius 2 is 1.97 bits per heavy atom. The van der Waals surface area contributed by atoms with Crippen molar-refractivity contribution < 1.29 is 9.53 Å². The second-order valence-electron chi connectivity index (χ2n) is 7.29. The monoisotopic (exact) mass is 444 g/mol. The molecule has 4 aromatic rings. The summed E-state index contributed by atoms with van der Waals surface area (Å²) in [6, 6.07) is 9.20. The lowest BCUT2D eigenvalue weighted by molar-refractivity contribution is 0.0988. The molecule has 0 aliphatic carbocycles. The molecule has 0 aliphatic rings. The molecule has 0 saturated carbocycles. The minimum atomic E-state index is -0.0493. The van der Waals surface area contributed by atoms with Gasteiger partial charge in [0.1, 0.15) is 18.0 Å². The summed E-state index contributed by atoms with van der Waals surface area (Å²) in [6.45, 7) is 3.72. The Bertz CT molecular complexity index is 1300. The fourth-order valence-corrected chi connectivity index (χ4v) is 3.29. The Hall–Kier alpha value is -4.34. The van der Waals surface area contributed by atoms with Crippen molar-refractivity contribution in [2.75, 3.05) is 17.7 Å². The molecule has 10 nitrogen and oxygen atoms in total. The van der Waals surface area contributed by atoms with Gasteiger partial charge in [0, 0.05) is 37.6 Å². The van der Waals surface area contributed by atoms with Crippen molar-refractivity contribution in [2.24, 2.45) is 7.05 Å². The lowest BCUT2D eigenvalue weighted by atomic mass is 10.1. The van der Waals surface area contributed by atoms with Gasteiger partial charge in [0.05, 0.1) is 23.9 Å². The number of nitrogens with one attached hydrogen (secondary N) is 2. The Morgan fingerprint density at radius 3 is 2.67 bits per heavy atom. The van der Waals surface area contributed by atoms with Crippen LogP contribution < -0.4 is 15.4 Å². The summed E-state index contributed by atoms with van der Waals surface area (Å²) in [4.78, 5) is 30.2. The van der Waals surface area contributed by atoms with Crippen LogP contribution >= 0.6 is 0 Å². The first-order valence-corrected chi connectivity index (χ1v) is 10.4. The number of hydrogen-bond donors (Lipinski definition) is 2. The smallest absolute Gasteiger partial charge is 0.185 e. The lowest BCUT2D eigenvalue weighted by Crippen LogP contribution is -2.07. The molecule has 4 heterocycles. The van der Waals surface area contributed by atoms with E-state index in [0.29, 0.717) is 52.3 Å². The van der Waals surface area contributed by atoms with Gasteiger partial charge in [-0.15, -0.1) is 0 Å². The minimum absolute atomic E-state index is 0.0493. The van der Waals surface area contributed by atoms with Gasteiger partial charge in [-0.1, -0.05) is 13.0 Å². The highest BCUT2D eigenvalue weighted by atomic mass is 16.5. The van der Waals surface area contributed by atoms with Gasteiger partial charge in [-0.2, -0.15) is 5.10 Å². The molecule has 2 N–H and O–H groups in total. The van der Waals surface area contributed by atoms with E-state index in [1.807, 2.05) is 25.1 Å². The van der Waals surface area contributed by atoms with Gasteiger partial charge >= 0.3 is 0 Å². The van der Waals surface area contributed by atoms with Gasteiger partial charge in [-0.3, -0.25) is 9.48 Å². The number of nitrogens with zero attached hydrogens (tertiary/aromatic N) is 6. The molecule has 33 heavy (non-hydrogen) atoms. The predicted octanol–water partition coefficient (Wildman–Crippen LogP) is 4.06. The summed E-state index contributed by atoms with van der Waals surface area (Å²) < 4.78 is 7.25. The van der Waals surface area contributed by atoms with Crippen LogP contribution in [0.4, 0.5) is 23.1 Å². The predicted molar refractivity (Wildman–Crippen MR) is 125 cm³/mol. The molecule has 0 saturated heterocycles. The van der Waals surface area contributed by atoms with Crippen LogP contribution in [0.3, 0.4) is 0 Å². The Balaban J connectivity index is 1.73. The van der Waals surface area contributed by atoms with Gasteiger partial charge in [0.2, 0.25) is 0 Å².